The number of nitrogens with zero attached hydrogens (tertiary/aromatic N) is 3. The van der Waals surface area contributed by atoms with Gasteiger partial charge in [0.25, 0.3) is 5.56 Å². The molecule has 2 rings (SSSR count). The van der Waals surface area contributed by atoms with Crippen molar-refractivity contribution in [3.05, 3.63) is 20.8 Å². The van der Waals surface area contributed by atoms with Gasteiger partial charge in [-0.05, 0) is 6.42 Å². The van der Waals surface area contributed by atoms with Crippen molar-refractivity contribution in [2.75, 3.05) is 5.73 Å². The van der Waals surface area contributed by atoms with Crippen molar-refractivity contribution < 1.29 is 0 Å². The van der Waals surface area contributed by atoms with Crippen molar-refractivity contribution in [1.29, 1.82) is 0 Å². The van der Waals surface area contributed by atoms with Gasteiger partial charge in [0.05, 0.1) is 0 Å². The normalized spacial score (nSPS) is 11.2. The van der Waals surface area contributed by atoms with E-state index in [4.69, 9.17) is 5.73 Å². The minimum atomic E-state index is -0.454. The number of aromatic amines is 1. The third-order valence-corrected chi connectivity index (χ3v) is 2.78. The Balaban J connectivity index is 2.79. The number of aryl methyl sites for hydroxylation is 2. The summed E-state index contributed by atoms with van der Waals surface area (Å²) in [4.78, 5) is 29.7. The zero-order valence-electron chi connectivity index (χ0n) is 9.86. The average Bonchev–Trinajstić information content (AvgIpc) is 2.55. The Hall–Kier alpha value is -2.05. The van der Waals surface area contributed by atoms with Gasteiger partial charge in [-0.15, -0.1) is 0 Å². The Morgan fingerprint density at radius 3 is 2.76 bits per heavy atom. The molecule has 0 aliphatic rings. The summed E-state index contributed by atoms with van der Waals surface area (Å²) >= 11 is 0. The number of hydrogen-bond acceptors (Lipinski definition) is 4. The summed E-state index contributed by atoms with van der Waals surface area (Å²) in [5.41, 5.74) is 5.45. The zero-order valence-corrected chi connectivity index (χ0v) is 9.86. The molecule has 0 saturated carbocycles. The highest BCUT2D eigenvalue weighted by atomic mass is 16.2. The molecule has 0 aliphatic heterocycles. The van der Waals surface area contributed by atoms with Gasteiger partial charge in [0.2, 0.25) is 5.95 Å². The predicted octanol–water partition coefficient (Wildman–Crippen LogP) is -0.194. The molecule has 2 aromatic heterocycles. The maximum absolute atomic E-state index is 11.7. The van der Waals surface area contributed by atoms with Crippen LogP contribution in [0.2, 0.25) is 0 Å². The molecule has 0 saturated heterocycles. The van der Waals surface area contributed by atoms with Gasteiger partial charge in [-0.2, -0.15) is 4.98 Å². The zero-order chi connectivity index (χ0) is 12.6. The molecular formula is C10H15N5O2. The fourth-order valence-electron chi connectivity index (χ4n) is 1.79. The molecule has 0 atom stereocenters. The highest BCUT2D eigenvalue weighted by molar-refractivity contribution is 5.73. The van der Waals surface area contributed by atoms with E-state index < -0.39 is 11.2 Å². The van der Waals surface area contributed by atoms with E-state index in [1.165, 1.54) is 9.13 Å². The Morgan fingerprint density at radius 2 is 2.12 bits per heavy atom. The lowest BCUT2D eigenvalue weighted by Crippen LogP contribution is -2.31. The van der Waals surface area contributed by atoms with E-state index in [1.807, 2.05) is 6.92 Å². The summed E-state index contributed by atoms with van der Waals surface area (Å²) < 4.78 is 2.94. The van der Waals surface area contributed by atoms with Crippen LogP contribution in [0.1, 0.15) is 19.8 Å². The molecule has 2 aromatic rings. The maximum Gasteiger partial charge on any atom is 0.330 e. The standard InChI is InChI=1S/C10H15N5O2/c1-3-4-5-15-7-6(8(16)13-10(15)17)14(2)9(11)12-7/h3-5H2,1-2H3,(H2,11,12)(H,13,16,17). The quantitative estimate of drug-likeness (QED) is 0.772. The molecular weight excluding hydrogens is 222 g/mol. The monoisotopic (exact) mass is 237 g/mol. The van der Waals surface area contributed by atoms with Crippen LogP contribution >= 0.6 is 0 Å². The lowest BCUT2D eigenvalue weighted by molar-refractivity contribution is 0.613. The minimum Gasteiger partial charge on any atom is -0.369 e. The molecule has 0 aliphatic carbocycles. The lowest BCUT2D eigenvalue weighted by Gasteiger charge is -2.04. The number of unbranched alkanes of at least 4 members (excludes halogenated alkanes) is 1. The van der Waals surface area contributed by atoms with Gasteiger partial charge in [-0.25, -0.2) is 4.79 Å². The SMILES string of the molecule is CCCCn1c(=O)[nH]c(=O)c2c1nc(N)n2C. The molecule has 0 radical (unpaired) electrons. The number of rotatable bonds is 3. The minimum absolute atomic E-state index is 0.223. The molecule has 0 aromatic carbocycles. The van der Waals surface area contributed by atoms with E-state index in [-0.39, 0.29) is 5.95 Å². The molecule has 92 valence electrons. The van der Waals surface area contributed by atoms with Gasteiger partial charge in [-0.1, -0.05) is 13.3 Å². The number of H-pyrrole nitrogens is 1. The Labute approximate surface area is 96.9 Å². The van der Waals surface area contributed by atoms with Crippen molar-refractivity contribution >= 4 is 17.1 Å². The summed E-state index contributed by atoms with van der Waals surface area (Å²) in [5, 5.41) is 0. The van der Waals surface area contributed by atoms with Crippen LogP contribution in [0, 0.1) is 0 Å². The first kappa shape index (κ1) is 11.4. The van der Waals surface area contributed by atoms with Crippen LogP contribution < -0.4 is 17.0 Å². The first-order valence-electron chi connectivity index (χ1n) is 5.51. The smallest absolute Gasteiger partial charge is 0.330 e. The maximum atomic E-state index is 11.7. The molecule has 3 N–H and O–H groups in total. The second-order valence-corrected chi connectivity index (χ2v) is 3.97. The highest BCUT2D eigenvalue weighted by Gasteiger charge is 2.14. The first-order valence-corrected chi connectivity index (χ1v) is 5.51. The van der Waals surface area contributed by atoms with E-state index in [2.05, 4.69) is 9.97 Å². The van der Waals surface area contributed by atoms with Gasteiger partial charge in [0.1, 0.15) is 0 Å². The molecule has 0 unspecified atom stereocenters. The molecule has 17 heavy (non-hydrogen) atoms. The summed E-state index contributed by atoms with van der Waals surface area (Å²) in [6, 6.07) is 0. The number of imidazole rings is 1. The molecule has 0 amide bonds. The average molecular weight is 237 g/mol. The number of nitrogens with two attached hydrogens (primary N) is 1. The molecule has 2 heterocycles. The Morgan fingerprint density at radius 1 is 1.41 bits per heavy atom. The first-order chi connectivity index (χ1) is 8.06. The topological polar surface area (TPSA) is 98.7 Å². The van der Waals surface area contributed by atoms with Gasteiger partial charge < -0.3 is 10.3 Å². The van der Waals surface area contributed by atoms with E-state index in [0.717, 1.165) is 12.8 Å². The number of anilines is 1. The van der Waals surface area contributed by atoms with Gasteiger partial charge in [0.15, 0.2) is 11.2 Å². The number of nitrogens with one attached hydrogen (secondary N) is 1. The number of fused-ring (bicyclic) bond motifs is 1. The lowest BCUT2D eigenvalue weighted by atomic mass is 10.3. The van der Waals surface area contributed by atoms with Crippen LogP contribution in [-0.4, -0.2) is 19.1 Å². The van der Waals surface area contributed by atoms with E-state index in [1.54, 1.807) is 7.05 Å². The fourth-order valence-corrected chi connectivity index (χ4v) is 1.79. The second-order valence-electron chi connectivity index (χ2n) is 3.97. The van der Waals surface area contributed by atoms with Crippen LogP contribution in [0.25, 0.3) is 11.2 Å². The Bertz CT molecular complexity index is 664. The third-order valence-electron chi connectivity index (χ3n) is 2.78. The van der Waals surface area contributed by atoms with Crippen molar-refractivity contribution in [3.8, 4) is 0 Å². The molecule has 0 bridgehead atoms. The summed E-state index contributed by atoms with van der Waals surface area (Å²) in [5.74, 6) is 0.223. The van der Waals surface area contributed by atoms with Crippen molar-refractivity contribution in [2.24, 2.45) is 7.05 Å². The summed E-state index contributed by atoms with van der Waals surface area (Å²) in [7, 11) is 1.65. The van der Waals surface area contributed by atoms with Crippen LogP contribution in [0.3, 0.4) is 0 Å². The molecule has 0 spiro atoms. The molecule has 0 fully saturated rings. The molecule has 7 heteroatoms. The van der Waals surface area contributed by atoms with Gasteiger partial charge in [0, 0.05) is 13.6 Å². The predicted molar refractivity (Wildman–Crippen MR) is 64.9 cm³/mol. The Kier molecular flexibility index (Phi) is 2.74. The fraction of sp³-hybridized carbons (Fsp3) is 0.500. The molecule has 7 nitrogen and oxygen atoms in total. The van der Waals surface area contributed by atoms with Crippen LogP contribution in [0.5, 0.6) is 0 Å². The number of nitrogen functional groups attached to an aromatic ring is 1. The summed E-state index contributed by atoms with van der Waals surface area (Å²) in [6.07, 6.45) is 1.80. The van der Waals surface area contributed by atoms with E-state index in [0.29, 0.717) is 17.7 Å². The third kappa shape index (κ3) is 1.73. The largest absolute Gasteiger partial charge is 0.369 e. The van der Waals surface area contributed by atoms with Gasteiger partial charge >= 0.3 is 5.69 Å². The van der Waals surface area contributed by atoms with Crippen molar-refractivity contribution in [3.63, 3.8) is 0 Å². The van der Waals surface area contributed by atoms with Gasteiger partial charge in [-0.3, -0.25) is 14.3 Å². The number of hydrogen-bond donors (Lipinski definition) is 2. The van der Waals surface area contributed by atoms with Crippen LogP contribution in [0.4, 0.5) is 5.95 Å². The van der Waals surface area contributed by atoms with Crippen LogP contribution in [0.15, 0.2) is 9.59 Å². The summed E-state index contributed by atoms with van der Waals surface area (Å²) in [6.45, 7) is 2.56. The van der Waals surface area contributed by atoms with Crippen LogP contribution in [-0.2, 0) is 13.6 Å². The number of aromatic nitrogens is 4. The second kappa shape index (κ2) is 4.08. The highest BCUT2D eigenvalue weighted by Crippen LogP contribution is 2.10. The van der Waals surface area contributed by atoms with Crippen molar-refractivity contribution in [1.82, 2.24) is 19.1 Å². The van der Waals surface area contributed by atoms with Crippen molar-refractivity contribution in [2.45, 2.75) is 26.3 Å². The van der Waals surface area contributed by atoms with E-state index >= 15 is 0 Å². The van der Waals surface area contributed by atoms with E-state index in [9.17, 15) is 9.59 Å².